The fourth-order valence-electron chi connectivity index (χ4n) is 3.86. The van der Waals surface area contributed by atoms with E-state index in [0.29, 0.717) is 17.9 Å². The Balaban J connectivity index is 1.88. The van der Waals surface area contributed by atoms with Crippen LogP contribution in [-0.2, 0) is 4.74 Å². The maximum Gasteiger partial charge on any atom is 0.0863 e. The average Bonchev–Trinajstić information content (AvgIpc) is 2.28. The van der Waals surface area contributed by atoms with Crippen molar-refractivity contribution in [3.05, 3.63) is 0 Å². The Morgan fingerprint density at radius 2 is 1.56 bits per heavy atom. The summed E-state index contributed by atoms with van der Waals surface area (Å²) in [6.45, 7) is 9.16. The first kappa shape index (κ1) is 14.3. The second-order valence-corrected chi connectivity index (χ2v) is 7.11. The minimum Gasteiger partial charge on any atom is -0.390 e. The SMILES string of the molecule is CC1CC(C)C(OC2CCC(C)C(C)C2)C(O)C1. The highest BCUT2D eigenvalue weighted by Gasteiger charge is 2.36. The Morgan fingerprint density at radius 3 is 2.17 bits per heavy atom. The third-order valence-corrected chi connectivity index (χ3v) is 5.26. The van der Waals surface area contributed by atoms with Crippen molar-refractivity contribution in [2.24, 2.45) is 23.7 Å². The lowest BCUT2D eigenvalue weighted by Gasteiger charge is -2.41. The average molecular weight is 254 g/mol. The van der Waals surface area contributed by atoms with E-state index in [4.69, 9.17) is 4.74 Å². The van der Waals surface area contributed by atoms with Gasteiger partial charge in [0.2, 0.25) is 0 Å². The Bertz CT molecular complexity index is 254. The molecule has 2 aliphatic carbocycles. The van der Waals surface area contributed by atoms with Crippen molar-refractivity contribution in [3.63, 3.8) is 0 Å². The van der Waals surface area contributed by atoms with Gasteiger partial charge < -0.3 is 9.84 Å². The van der Waals surface area contributed by atoms with Gasteiger partial charge in [-0.3, -0.25) is 0 Å². The summed E-state index contributed by atoms with van der Waals surface area (Å²) >= 11 is 0. The van der Waals surface area contributed by atoms with Crippen LogP contribution in [0, 0.1) is 23.7 Å². The monoisotopic (exact) mass is 254 g/mol. The Hall–Kier alpha value is -0.0800. The number of ether oxygens (including phenoxy) is 1. The highest BCUT2D eigenvalue weighted by atomic mass is 16.5. The molecule has 106 valence electrons. The summed E-state index contributed by atoms with van der Waals surface area (Å²) in [6, 6.07) is 0. The van der Waals surface area contributed by atoms with Gasteiger partial charge in [-0.1, -0.05) is 27.7 Å². The second kappa shape index (κ2) is 5.92. The van der Waals surface area contributed by atoms with E-state index in [-0.39, 0.29) is 12.2 Å². The molecule has 0 radical (unpaired) electrons. The van der Waals surface area contributed by atoms with E-state index in [1.54, 1.807) is 0 Å². The van der Waals surface area contributed by atoms with E-state index < -0.39 is 0 Å². The van der Waals surface area contributed by atoms with E-state index in [1.165, 1.54) is 25.7 Å². The van der Waals surface area contributed by atoms with Crippen LogP contribution in [0.1, 0.15) is 59.8 Å². The van der Waals surface area contributed by atoms with Crippen molar-refractivity contribution in [1.29, 1.82) is 0 Å². The van der Waals surface area contributed by atoms with Crippen LogP contribution in [0.5, 0.6) is 0 Å². The molecule has 1 N–H and O–H groups in total. The highest BCUT2D eigenvalue weighted by Crippen LogP contribution is 2.36. The maximum atomic E-state index is 10.2. The normalized spacial score (nSPS) is 50.2. The van der Waals surface area contributed by atoms with Crippen molar-refractivity contribution in [2.75, 3.05) is 0 Å². The lowest BCUT2D eigenvalue weighted by atomic mass is 9.78. The summed E-state index contributed by atoms with van der Waals surface area (Å²) in [7, 11) is 0. The minimum absolute atomic E-state index is 0.0757. The molecule has 2 heteroatoms. The summed E-state index contributed by atoms with van der Waals surface area (Å²) in [5, 5.41) is 10.2. The third kappa shape index (κ3) is 3.27. The Kier molecular flexibility index (Phi) is 4.71. The molecular weight excluding hydrogens is 224 g/mol. The van der Waals surface area contributed by atoms with Gasteiger partial charge in [0.15, 0.2) is 0 Å². The summed E-state index contributed by atoms with van der Waals surface area (Å²) in [5.74, 6) is 2.73. The van der Waals surface area contributed by atoms with Gasteiger partial charge in [-0.25, -0.2) is 0 Å². The van der Waals surface area contributed by atoms with Gasteiger partial charge in [-0.2, -0.15) is 0 Å². The van der Waals surface area contributed by atoms with Gasteiger partial charge in [-0.15, -0.1) is 0 Å². The maximum absolute atomic E-state index is 10.2. The fourth-order valence-corrected chi connectivity index (χ4v) is 3.86. The first-order valence-electron chi connectivity index (χ1n) is 7.80. The Morgan fingerprint density at radius 1 is 0.833 bits per heavy atom. The molecule has 0 aromatic heterocycles. The first-order chi connectivity index (χ1) is 8.47. The number of hydrogen-bond acceptors (Lipinski definition) is 2. The standard InChI is InChI=1S/C16H30O2/c1-10-7-13(4)16(15(17)8-10)18-14-6-5-11(2)12(3)9-14/h10-17H,5-9H2,1-4H3. The molecule has 0 aromatic carbocycles. The molecule has 7 atom stereocenters. The fraction of sp³-hybridized carbons (Fsp3) is 1.00. The minimum atomic E-state index is -0.251. The van der Waals surface area contributed by atoms with Gasteiger partial charge in [-0.05, 0) is 55.8 Å². The van der Waals surface area contributed by atoms with E-state index in [0.717, 1.165) is 18.3 Å². The molecular formula is C16H30O2. The van der Waals surface area contributed by atoms with Crippen LogP contribution in [0.2, 0.25) is 0 Å². The summed E-state index contributed by atoms with van der Waals surface area (Å²) in [4.78, 5) is 0. The topological polar surface area (TPSA) is 29.5 Å². The van der Waals surface area contributed by atoms with Crippen LogP contribution in [-0.4, -0.2) is 23.4 Å². The van der Waals surface area contributed by atoms with Gasteiger partial charge in [0.25, 0.3) is 0 Å². The zero-order valence-corrected chi connectivity index (χ0v) is 12.4. The van der Waals surface area contributed by atoms with Crippen LogP contribution in [0.25, 0.3) is 0 Å². The van der Waals surface area contributed by atoms with Crippen molar-refractivity contribution < 1.29 is 9.84 Å². The van der Waals surface area contributed by atoms with E-state index in [9.17, 15) is 5.11 Å². The van der Waals surface area contributed by atoms with Crippen molar-refractivity contribution >= 4 is 0 Å². The van der Waals surface area contributed by atoms with Gasteiger partial charge in [0.1, 0.15) is 0 Å². The van der Waals surface area contributed by atoms with Gasteiger partial charge >= 0.3 is 0 Å². The van der Waals surface area contributed by atoms with Crippen LogP contribution in [0.4, 0.5) is 0 Å². The number of hydrogen-bond donors (Lipinski definition) is 1. The lowest BCUT2D eigenvalue weighted by molar-refractivity contribution is -0.139. The molecule has 2 nitrogen and oxygen atoms in total. The lowest BCUT2D eigenvalue weighted by Crippen LogP contribution is -2.44. The molecule has 0 aliphatic heterocycles. The zero-order valence-electron chi connectivity index (χ0n) is 12.4. The number of rotatable bonds is 2. The largest absolute Gasteiger partial charge is 0.390 e. The van der Waals surface area contributed by atoms with Crippen molar-refractivity contribution in [3.8, 4) is 0 Å². The van der Waals surface area contributed by atoms with Crippen molar-refractivity contribution in [2.45, 2.75) is 78.1 Å². The zero-order chi connectivity index (χ0) is 13.3. The molecule has 18 heavy (non-hydrogen) atoms. The smallest absolute Gasteiger partial charge is 0.0863 e. The first-order valence-corrected chi connectivity index (χ1v) is 7.80. The van der Waals surface area contributed by atoms with E-state index in [1.807, 2.05) is 0 Å². The predicted molar refractivity (Wildman–Crippen MR) is 74.4 cm³/mol. The molecule has 0 heterocycles. The van der Waals surface area contributed by atoms with E-state index in [2.05, 4.69) is 27.7 Å². The molecule has 2 aliphatic rings. The number of aliphatic hydroxyl groups excluding tert-OH is 1. The van der Waals surface area contributed by atoms with Crippen LogP contribution >= 0.6 is 0 Å². The second-order valence-electron chi connectivity index (χ2n) is 7.11. The summed E-state index contributed by atoms with van der Waals surface area (Å²) in [5.41, 5.74) is 0. The number of aliphatic hydroxyl groups is 1. The summed E-state index contributed by atoms with van der Waals surface area (Å²) in [6.07, 6.45) is 5.94. The third-order valence-electron chi connectivity index (χ3n) is 5.26. The highest BCUT2D eigenvalue weighted by molar-refractivity contribution is 4.86. The van der Waals surface area contributed by atoms with Gasteiger partial charge in [0.05, 0.1) is 18.3 Å². The van der Waals surface area contributed by atoms with Crippen LogP contribution < -0.4 is 0 Å². The van der Waals surface area contributed by atoms with Crippen LogP contribution in [0.3, 0.4) is 0 Å². The molecule has 2 fully saturated rings. The molecule has 0 amide bonds. The molecule has 7 unspecified atom stereocenters. The quantitative estimate of drug-likeness (QED) is 0.815. The molecule has 0 saturated heterocycles. The van der Waals surface area contributed by atoms with E-state index >= 15 is 0 Å². The van der Waals surface area contributed by atoms with Gasteiger partial charge in [0, 0.05) is 0 Å². The molecule has 2 rings (SSSR count). The molecule has 2 saturated carbocycles. The van der Waals surface area contributed by atoms with Crippen LogP contribution in [0.15, 0.2) is 0 Å². The molecule has 0 bridgehead atoms. The van der Waals surface area contributed by atoms with Crippen molar-refractivity contribution in [1.82, 2.24) is 0 Å². The Labute approximate surface area is 112 Å². The predicted octanol–water partition coefficient (Wildman–Crippen LogP) is 3.62. The molecule has 0 aromatic rings. The summed E-state index contributed by atoms with van der Waals surface area (Å²) < 4.78 is 6.27. The molecule has 0 spiro atoms.